The highest BCUT2D eigenvalue weighted by Crippen LogP contribution is 1.69. The smallest absolute Gasteiger partial charge is 0.331 e. The summed E-state index contributed by atoms with van der Waals surface area (Å²) in [5.74, 6) is -0.998. The Morgan fingerprint density at radius 2 is 2.43 bits per heavy atom. The molecule has 0 unspecified atom stereocenters. The Bertz CT molecular complexity index is 84.9. The van der Waals surface area contributed by atoms with Gasteiger partial charge in [0.2, 0.25) is 0 Å². The van der Waals surface area contributed by atoms with Crippen LogP contribution < -0.4 is 0 Å². The molecule has 0 saturated carbocycles. The number of aliphatic carboxylic acids is 1. The summed E-state index contributed by atoms with van der Waals surface area (Å²) in [7, 11) is 1.39. The first kappa shape index (κ1) is 6.01. The molecule has 0 rings (SSSR count). The van der Waals surface area contributed by atoms with Crippen LogP contribution in [0.25, 0.3) is 0 Å². The highest BCUT2D eigenvalue weighted by atomic mass is 16.5. The maximum atomic E-state index is 9.59. The SMILES string of the molecule is COC=CC(=O)O. The molecular formula is C4H6O3. The highest BCUT2D eigenvalue weighted by molar-refractivity contribution is 5.79. The molecule has 0 aromatic carbocycles. The minimum atomic E-state index is -0.998. The molecule has 0 atom stereocenters. The molecule has 0 amide bonds. The lowest BCUT2D eigenvalue weighted by molar-refractivity contribution is -0.131. The summed E-state index contributed by atoms with van der Waals surface area (Å²) >= 11 is 0. The Morgan fingerprint density at radius 1 is 1.86 bits per heavy atom. The third-order valence-electron chi connectivity index (χ3n) is 0.347. The molecule has 0 aromatic rings. The topological polar surface area (TPSA) is 46.5 Å². The van der Waals surface area contributed by atoms with Gasteiger partial charge in [0.15, 0.2) is 0 Å². The summed E-state index contributed by atoms with van der Waals surface area (Å²) in [4.78, 5) is 9.59. The van der Waals surface area contributed by atoms with Crippen molar-refractivity contribution < 1.29 is 14.6 Å². The molecule has 0 saturated heterocycles. The fourth-order valence-corrected chi connectivity index (χ4v) is 0.126. The normalized spacial score (nSPS) is 9.29. The van der Waals surface area contributed by atoms with Gasteiger partial charge in [-0.1, -0.05) is 0 Å². The molecule has 0 bridgehead atoms. The van der Waals surface area contributed by atoms with Crippen LogP contribution in [0.4, 0.5) is 0 Å². The zero-order valence-corrected chi connectivity index (χ0v) is 3.92. The summed E-state index contributed by atoms with van der Waals surface area (Å²) in [5.41, 5.74) is 0. The molecule has 3 heteroatoms. The third kappa shape index (κ3) is 5.01. The van der Waals surface area contributed by atoms with Crippen LogP contribution >= 0.6 is 0 Å². The van der Waals surface area contributed by atoms with Crippen LogP contribution in [0.3, 0.4) is 0 Å². The van der Waals surface area contributed by atoms with E-state index in [9.17, 15) is 4.79 Å². The molecule has 0 aromatic heterocycles. The van der Waals surface area contributed by atoms with E-state index >= 15 is 0 Å². The van der Waals surface area contributed by atoms with Crippen molar-refractivity contribution in [3.8, 4) is 0 Å². The van der Waals surface area contributed by atoms with Gasteiger partial charge in [-0.25, -0.2) is 4.79 Å². The van der Waals surface area contributed by atoms with E-state index in [0.29, 0.717) is 0 Å². The van der Waals surface area contributed by atoms with Crippen molar-refractivity contribution in [2.24, 2.45) is 0 Å². The van der Waals surface area contributed by atoms with E-state index in [1.807, 2.05) is 0 Å². The van der Waals surface area contributed by atoms with E-state index in [-0.39, 0.29) is 0 Å². The van der Waals surface area contributed by atoms with Crippen LogP contribution in [-0.2, 0) is 9.53 Å². The Morgan fingerprint density at radius 3 is 2.57 bits per heavy atom. The van der Waals surface area contributed by atoms with Gasteiger partial charge in [-0.05, 0) is 0 Å². The zero-order chi connectivity index (χ0) is 5.70. The number of ether oxygens (including phenoxy) is 1. The highest BCUT2D eigenvalue weighted by Gasteiger charge is 1.80. The van der Waals surface area contributed by atoms with Crippen molar-refractivity contribution in [3.05, 3.63) is 12.3 Å². The van der Waals surface area contributed by atoms with Crippen molar-refractivity contribution in [3.63, 3.8) is 0 Å². The summed E-state index contributed by atoms with van der Waals surface area (Å²) < 4.78 is 4.29. The molecule has 0 aliphatic heterocycles. The lowest BCUT2D eigenvalue weighted by Crippen LogP contribution is -1.85. The summed E-state index contributed by atoms with van der Waals surface area (Å²) in [5, 5.41) is 7.88. The number of hydrogen-bond donors (Lipinski definition) is 1. The second-order valence-corrected chi connectivity index (χ2v) is 0.877. The molecule has 0 aliphatic carbocycles. The van der Waals surface area contributed by atoms with Crippen molar-refractivity contribution in [2.45, 2.75) is 0 Å². The molecular weight excluding hydrogens is 96.0 g/mol. The summed E-state index contributed by atoms with van der Waals surface area (Å²) in [6.45, 7) is 0. The lowest BCUT2D eigenvalue weighted by Gasteiger charge is -1.79. The molecule has 3 nitrogen and oxygen atoms in total. The number of hydrogen-bond acceptors (Lipinski definition) is 2. The van der Waals surface area contributed by atoms with E-state index in [1.165, 1.54) is 7.11 Å². The van der Waals surface area contributed by atoms with Crippen molar-refractivity contribution in [1.82, 2.24) is 0 Å². The molecule has 40 valence electrons. The quantitative estimate of drug-likeness (QED) is 0.401. The third-order valence-corrected chi connectivity index (χ3v) is 0.347. The average molecular weight is 102 g/mol. The first-order valence-corrected chi connectivity index (χ1v) is 1.69. The van der Waals surface area contributed by atoms with Crippen LogP contribution in [0.15, 0.2) is 12.3 Å². The molecule has 0 radical (unpaired) electrons. The first-order valence-electron chi connectivity index (χ1n) is 1.69. The van der Waals surface area contributed by atoms with Gasteiger partial charge in [0.1, 0.15) is 0 Å². The standard InChI is InChI=1S/C4H6O3/c1-7-3-2-4(5)6/h2-3H,1H3,(H,5,6). The summed E-state index contributed by atoms with van der Waals surface area (Å²) in [6, 6.07) is 0. The minimum absolute atomic E-state index is 0.917. The van der Waals surface area contributed by atoms with Gasteiger partial charge in [0.05, 0.1) is 19.4 Å². The Labute approximate surface area is 41.2 Å². The molecule has 0 heterocycles. The van der Waals surface area contributed by atoms with Crippen LogP contribution in [0.2, 0.25) is 0 Å². The zero-order valence-electron chi connectivity index (χ0n) is 3.92. The average Bonchev–Trinajstić information content (AvgIpc) is 1.61. The molecule has 0 fully saturated rings. The number of carbonyl (C=O) groups is 1. The number of methoxy groups -OCH3 is 1. The van der Waals surface area contributed by atoms with Gasteiger partial charge in [0, 0.05) is 0 Å². The number of carboxylic acid groups (broad SMARTS) is 1. The maximum Gasteiger partial charge on any atom is 0.331 e. The Balaban J connectivity index is 3.26. The predicted molar refractivity (Wildman–Crippen MR) is 23.8 cm³/mol. The van der Waals surface area contributed by atoms with Gasteiger partial charge >= 0.3 is 5.97 Å². The Kier molecular flexibility index (Phi) is 2.76. The van der Waals surface area contributed by atoms with Gasteiger partial charge in [-0.3, -0.25) is 0 Å². The van der Waals surface area contributed by atoms with Crippen LogP contribution in [0.5, 0.6) is 0 Å². The second-order valence-electron chi connectivity index (χ2n) is 0.877. The second kappa shape index (κ2) is 3.21. The van der Waals surface area contributed by atoms with Crippen LogP contribution in [0, 0.1) is 0 Å². The lowest BCUT2D eigenvalue weighted by atomic mass is 10.7. The van der Waals surface area contributed by atoms with Gasteiger partial charge in [-0.15, -0.1) is 0 Å². The molecule has 0 aliphatic rings. The van der Waals surface area contributed by atoms with E-state index in [2.05, 4.69) is 4.74 Å². The maximum absolute atomic E-state index is 9.59. The van der Waals surface area contributed by atoms with E-state index in [4.69, 9.17) is 5.11 Å². The van der Waals surface area contributed by atoms with Gasteiger partial charge in [-0.2, -0.15) is 0 Å². The van der Waals surface area contributed by atoms with Crippen LogP contribution in [-0.4, -0.2) is 18.2 Å². The van der Waals surface area contributed by atoms with Crippen molar-refractivity contribution >= 4 is 5.97 Å². The minimum Gasteiger partial charge on any atom is -0.504 e. The van der Waals surface area contributed by atoms with Gasteiger partial charge < -0.3 is 9.84 Å². The van der Waals surface area contributed by atoms with Crippen molar-refractivity contribution in [2.75, 3.05) is 7.11 Å². The van der Waals surface area contributed by atoms with E-state index in [1.54, 1.807) is 0 Å². The summed E-state index contributed by atoms with van der Waals surface area (Å²) in [6.07, 6.45) is 2.02. The van der Waals surface area contributed by atoms with Crippen molar-refractivity contribution in [1.29, 1.82) is 0 Å². The molecule has 7 heavy (non-hydrogen) atoms. The molecule has 0 spiro atoms. The van der Waals surface area contributed by atoms with E-state index < -0.39 is 5.97 Å². The number of rotatable bonds is 2. The number of carboxylic acids is 1. The largest absolute Gasteiger partial charge is 0.504 e. The van der Waals surface area contributed by atoms with Gasteiger partial charge in [0.25, 0.3) is 0 Å². The predicted octanol–water partition coefficient (Wildman–Crippen LogP) is 0.231. The van der Waals surface area contributed by atoms with Crippen LogP contribution in [0.1, 0.15) is 0 Å². The fraction of sp³-hybridized carbons (Fsp3) is 0.250. The fourth-order valence-electron chi connectivity index (χ4n) is 0.126. The first-order chi connectivity index (χ1) is 3.27. The molecule has 1 N–H and O–H groups in total. The van der Waals surface area contributed by atoms with E-state index in [0.717, 1.165) is 12.3 Å². The monoisotopic (exact) mass is 102 g/mol. The Hall–Kier alpha value is -0.990.